The molecule has 1 aromatic rings. The monoisotopic (exact) mass is 262 g/mol. The third-order valence-electron chi connectivity index (χ3n) is 3.92. The predicted molar refractivity (Wildman–Crippen MR) is 69.9 cm³/mol. The van der Waals surface area contributed by atoms with Gasteiger partial charge in [0.15, 0.2) is 5.78 Å². The van der Waals surface area contributed by atoms with Crippen LogP contribution >= 0.6 is 0 Å². The lowest BCUT2D eigenvalue weighted by atomic mass is 9.82. The Morgan fingerprint density at radius 3 is 3.00 bits per heavy atom. The number of carbonyl (C=O) groups is 1. The fourth-order valence-electron chi connectivity index (χ4n) is 2.99. The van der Waals surface area contributed by atoms with Crippen LogP contribution in [0.2, 0.25) is 0 Å². The minimum atomic E-state index is -0.395. The third-order valence-corrected chi connectivity index (χ3v) is 3.92. The standard InChI is InChI=1S/C15H18O4/c1-10-8-15(5-6-18-10)9-13(16)12-4-3-11(17-2)7-14(12)19-15/h3-4,7,10H,5-6,8-9H2,1-2H3. The van der Waals surface area contributed by atoms with E-state index in [-0.39, 0.29) is 11.9 Å². The number of hydrogen-bond acceptors (Lipinski definition) is 4. The van der Waals surface area contributed by atoms with Crippen molar-refractivity contribution in [2.75, 3.05) is 13.7 Å². The number of ketones is 1. The molecule has 1 spiro atoms. The van der Waals surface area contributed by atoms with E-state index in [2.05, 4.69) is 0 Å². The molecule has 1 saturated heterocycles. The second-order valence-electron chi connectivity index (χ2n) is 5.38. The van der Waals surface area contributed by atoms with Gasteiger partial charge in [0.2, 0.25) is 0 Å². The Kier molecular flexibility index (Phi) is 2.97. The summed E-state index contributed by atoms with van der Waals surface area (Å²) < 4.78 is 16.9. The molecular formula is C15H18O4. The third kappa shape index (κ3) is 2.21. The molecule has 2 atom stereocenters. The van der Waals surface area contributed by atoms with Crippen molar-refractivity contribution >= 4 is 5.78 Å². The van der Waals surface area contributed by atoms with Crippen LogP contribution in [0.4, 0.5) is 0 Å². The molecule has 0 saturated carbocycles. The molecule has 2 aliphatic rings. The van der Waals surface area contributed by atoms with Gasteiger partial charge in [-0.1, -0.05) is 0 Å². The summed E-state index contributed by atoms with van der Waals surface area (Å²) in [4.78, 5) is 12.3. The van der Waals surface area contributed by atoms with Crippen molar-refractivity contribution in [3.8, 4) is 11.5 Å². The molecule has 0 bridgehead atoms. The minimum Gasteiger partial charge on any atom is -0.497 e. The van der Waals surface area contributed by atoms with Gasteiger partial charge in [0.05, 0.1) is 31.8 Å². The van der Waals surface area contributed by atoms with Crippen molar-refractivity contribution in [1.29, 1.82) is 0 Å². The molecule has 0 radical (unpaired) electrons. The number of fused-ring (bicyclic) bond motifs is 1. The van der Waals surface area contributed by atoms with E-state index in [0.29, 0.717) is 30.1 Å². The molecule has 0 N–H and O–H groups in total. The van der Waals surface area contributed by atoms with Crippen molar-refractivity contribution in [2.45, 2.75) is 37.9 Å². The zero-order chi connectivity index (χ0) is 13.5. The Morgan fingerprint density at radius 2 is 2.26 bits per heavy atom. The predicted octanol–water partition coefficient (Wildman–Crippen LogP) is 2.60. The summed E-state index contributed by atoms with van der Waals surface area (Å²) in [5.41, 5.74) is 0.263. The number of methoxy groups -OCH3 is 1. The van der Waals surface area contributed by atoms with Crippen LogP contribution in [-0.4, -0.2) is 31.2 Å². The summed E-state index contributed by atoms with van der Waals surface area (Å²) in [6.45, 7) is 2.67. The molecule has 1 aromatic carbocycles. The number of ether oxygens (including phenoxy) is 3. The Balaban J connectivity index is 1.95. The van der Waals surface area contributed by atoms with Gasteiger partial charge < -0.3 is 14.2 Å². The van der Waals surface area contributed by atoms with E-state index in [1.54, 1.807) is 25.3 Å². The SMILES string of the molecule is COc1ccc2c(c1)OC1(CCOC(C)C1)CC2=O. The van der Waals surface area contributed by atoms with Crippen molar-refractivity contribution in [3.63, 3.8) is 0 Å². The Morgan fingerprint density at radius 1 is 1.42 bits per heavy atom. The van der Waals surface area contributed by atoms with Crippen molar-refractivity contribution in [3.05, 3.63) is 23.8 Å². The molecule has 4 nitrogen and oxygen atoms in total. The van der Waals surface area contributed by atoms with E-state index in [1.165, 1.54) is 0 Å². The minimum absolute atomic E-state index is 0.133. The molecule has 2 unspecified atom stereocenters. The maximum Gasteiger partial charge on any atom is 0.170 e. The first-order chi connectivity index (χ1) is 9.12. The maximum absolute atomic E-state index is 12.3. The van der Waals surface area contributed by atoms with Gasteiger partial charge in [-0.3, -0.25) is 4.79 Å². The highest BCUT2D eigenvalue weighted by atomic mass is 16.5. The molecule has 0 aromatic heterocycles. The van der Waals surface area contributed by atoms with Gasteiger partial charge >= 0.3 is 0 Å². The Labute approximate surface area is 112 Å². The Hall–Kier alpha value is -1.55. The van der Waals surface area contributed by atoms with Crippen LogP contribution in [0.15, 0.2) is 18.2 Å². The van der Waals surface area contributed by atoms with Gasteiger partial charge in [0, 0.05) is 18.9 Å². The van der Waals surface area contributed by atoms with E-state index in [1.807, 2.05) is 6.92 Å². The lowest BCUT2D eigenvalue weighted by Crippen LogP contribution is -2.48. The molecule has 19 heavy (non-hydrogen) atoms. The average molecular weight is 262 g/mol. The van der Waals surface area contributed by atoms with Crippen LogP contribution in [0.3, 0.4) is 0 Å². The quantitative estimate of drug-likeness (QED) is 0.780. The van der Waals surface area contributed by atoms with E-state index < -0.39 is 5.60 Å². The second kappa shape index (κ2) is 4.53. The van der Waals surface area contributed by atoms with Crippen LogP contribution in [0, 0.1) is 0 Å². The molecule has 0 amide bonds. The molecular weight excluding hydrogens is 244 g/mol. The fourth-order valence-corrected chi connectivity index (χ4v) is 2.99. The summed E-state index contributed by atoms with van der Waals surface area (Å²) in [7, 11) is 1.61. The highest BCUT2D eigenvalue weighted by molar-refractivity contribution is 6.00. The number of hydrogen-bond donors (Lipinski definition) is 0. The largest absolute Gasteiger partial charge is 0.497 e. The molecule has 1 fully saturated rings. The first-order valence-electron chi connectivity index (χ1n) is 6.64. The molecule has 0 aliphatic carbocycles. The van der Waals surface area contributed by atoms with E-state index >= 15 is 0 Å². The zero-order valence-electron chi connectivity index (χ0n) is 11.3. The lowest BCUT2D eigenvalue weighted by molar-refractivity contribution is -0.0849. The van der Waals surface area contributed by atoms with Gasteiger partial charge in [0.1, 0.15) is 17.1 Å². The van der Waals surface area contributed by atoms with Crippen LogP contribution < -0.4 is 9.47 Å². The van der Waals surface area contributed by atoms with Crippen LogP contribution in [0.5, 0.6) is 11.5 Å². The summed E-state index contributed by atoms with van der Waals surface area (Å²) in [6.07, 6.45) is 2.10. The topological polar surface area (TPSA) is 44.8 Å². The van der Waals surface area contributed by atoms with Crippen LogP contribution in [0.1, 0.15) is 36.5 Å². The smallest absolute Gasteiger partial charge is 0.170 e. The number of Topliss-reactive ketones (excluding diaryl/α,β-unsaturated/α-hetero) is 1. The van der Waals surface area contributed by atoms with Gasteiger partial charge in [-0.25, -0.2) is 0 Å². The first kappa shape index (κ1) is 12.5. The molecule has 2 aliphatic heterocycles. The van der Waals surface area contributed by atoms with Crippen molar-refractivity contribution in [1.82, 2.24) is 0 Å². The average Bonchev–Trinajstić information content (AvgIpc) is 2.37. The van der Waals surface area contributed by atoms with Gasteiger partial charge in [0.25, 0.3) is 0 Å². The van der Waals surface area contributed by atoms with Crippen LogP contribution in [-0.2, 0) is 4.74 Å². The molecule has 102 valence electrons. The number of benzene rings is 1. The van der Waals surface area contributed by atoms with E-state index in [9.17, 15) is 4.79 Å². The molecule has 3 rings (SSSR count). The van der Waals surface area contributed by atoms with E-state index in [4.69, 9.17) is 14.2 Å². The number of rotatable bonds is 1. The lowest BCUT2D eigenvalue weighted by Gasteiger charge is -2.42. The highest BCUT2D eigenvalue weighted by Crippen LogP contribution is 2.41. The van der Waals surface area contributed by atoms with Gasteiger partial charge in [-0.05, 0) is 19.1 Å². The van der Waals surface area contributed by atoms with Crippen molar-refractivity contribution < 1.29 is 19.0 Å². The number of carbonyl (C=O) groups excluding carboxylic acids is 1. The normalized spacial score (nSPS) is 29.8. The van der Waals surface area contributed by atoms with Gasteiger partial charge in [-0.15, -0.1) is 0 Å². The highest BCUT2D eigenvalue weighted by Gasteiger charge is 2.43. The molecule has 2 heterocycles. The van der Waals surface area contributed by atoms with E-state index in [0.717, 1.165) is 12.8 Å². The summed E-state index contributed by atoms with van der Waals surface area (Å²) in [5.74, 6) is 1.51. The molecule has 4 heteroatoms. The summed E-state index contributed by atoms with van der Waals surface area (Å²) in [5, 5.41) is 0. The zero-order valence-corrected chi connectivity index (χ0v) is 11.3. The maximum atomic E-state index is 12.3. The Bertz CT molecular complexity index is 511. The summed E-state index contributed by atoms with van der Waals surface area (Å²) >= 11 is 0. The van der Waals surface area contributed by atoms with Crippen LogP contribution in [0.25, 0.3) is 0 Å². The fraction of sp³-hybridized carbons (Fsp3) is 0.533. The van der Waals surface area contributed by atoms with Gasteiger partial charge in [-0.2, -0.15) is 0 Å². The van der Waals surface area contributed by atoms with Crippen molar-refractivity contribution in [2.24, 2.45) is 0 Å². The second-order valence-corrected chi connectivity index (χ2v) is 5.38. The summed E-state index contributed by atoms with van der Waals surface area (Å²) in [6, 6.07) is 5.38. The first-order valence-corrected chi connectivity index (χ1v) is 6.64.